The van der Waals surface area contributed by atoms with Crippen LogP contribution < -0.4 is 14.8 Å². The average molecular weight is 422 g/mol. The molecule has 2 rings (SSSR count). The summed E-state index contributed by atoms with van der Waals surface area (Å²) in [6.45, 7) is 2.28. The summed E-state index contributed by atoms with van der Waals surface area (Å²) in [4.78, 5) is 16.3. The fourth-order valence-corrected chi connectivity index (χ4v) is 2.20. The lowest BCUT2D eigenvalue weighted by atomic mass is 10.1. The minimum atomic E-state index is -4.98. The monoisotopic (exact) mass is 422 g/mol. The van der Waals surface area contributed by atoms with Crippen LogP contribution in [0.25, 0.3) is 0 Å². The fraction of sp³-hybridized carbons (Fsp3) is 0.333. The van der Waals surface area contributed by atoms with Crippen molar-refractivity contribution in [3.8, 4) is 11.6 Å². The Morgan fingerprint density at radius 3 is 2.28 bits per heavy atom. The van der Waals surface area contributed by atoms with Crippen LogP contribution in [-0.4, -0.2) is 29.5 Å². The molecule has 0 unspecified atom stereocenters. The molecule has 2 aromatic rings. The van der Waals surface area contributed by atoms with Crippen LogP contribution in [0.3, 0.4) is 0 Å². The van der Waals surface area contributed by atoms with Gasteiger partial charge in [-0.2, -0.15) is 13.2 Å². The first kappa shape index (κ1) is 22.3. The predicted octanol–water partition coefficient (Wildman–Crippen LogP) is 4.80. The molecule has 0 aliphatic heterocycles. The Balaban J connectivity index is 2.14. The molecule has 0 radical (unpaired) electrons. The van der Waals surface area contributed by atoms with Gasteiger partial charge in [0, 0.05) is 6.07 Å². The number of nitrogens with zero attached hydrogens (tertiary/aromatic N) is 1. The Morgan fingerprint density at radius 1 is 1.00 bits per heavy atom. The van der Waals surface area contributed by atoms with E-state index in [1.165, 1.54) is 37.3 Å². The van der Waals surface area contributed by atoms with E-state index in [0.717, 1.165) is 19.1 Å². The number of hydrogen-bond donors (Lipinski definition) is 1. The summed E-state index contributed by atoms with van der Waals surface area (Å²) in [7, 11) is 0. The summed E-state index contributed by atoms with van der Waals surface area (Å²) in [5, 5.41) is 2.42. The van der Waals surface area contributed by atoms with Crippen molar-refractivity contribution in [2.75, 3.05) is 0 Å². The van der Waals surface area contributed by atoms with Crippen LogP contribution in [0.2, 0.25) is 0 Å². The molecule has 5 nitrogen and oxygen atoms in total. The molecule has 0 aliphatic rings. The molecule has 0 bridgehead atoms. The van der Waals surface area contributed by atoms with Gasteiger partial charge in [-0.15, -0.1) is 13.2 Å². The van der Waals surface area contributed by atoms with E-state index >= 15 is 0 Å². The van der Waals surface area contributed by atoms with Gasteiger partial charge in [-0.05, 0) is 32.0 Å². The van der Waals surface area contributed by atoms with Crippen molar-refractivity contribution in [3.05, 3.63) is 53.7 Å². The highest BCUT2D eigenvalue weighted by Crippen LogP contribution is 2.27. The SMILES string of the molecule is C[C@@H](NC(=O)c1ccccc1OC(F)(F)F)c1cccc(O[C@H](C)C(F)(F)F)n1. The first-order valence-electron chi connectivity index (χ1n) is 8.23. The summed E-state index contributed by atoms with van der Waals surface area (Å²) < 4.78 is 83.9. The number of alkyl halides is 6. The molecule has 29 heavy (non-hydrogen) atoms. The zero-order valence-corrected chi connectivity index (χ0v) is 15.1. The lowest BCUT2D eigenvalue weighted by molar-refractivity contribution is -0.274. The van der Waals surface area contributed by atoms with Crippen molar-refractivity contribution < 1.29 is 40.6 Å². The van der Waals surface area contributed by atoms with Crippen LogP contribution in [-0.2, 0) is 0 Å². The van der Waals surface area contributed by atoms with Gasteiger partial charge in [-0.3, -0.25) is 4.79 Å². The topological polar surface area (TPSA) is 60.5 Å². The molecule has 1 aromatic heterocycles. The number of rotatable bonds is 6. The normalized spacial score (nSPS) is 14.1. The number of para-hydroxylation sites is 1. The Kier molecular flexibility index (Phi) is 6.60. The largest absolute Gasteiger partial charge is 0.573 e. The minimum absolute atomic E-state index is 0.152. The van der Waals surface area contributed by atoms with Crippen LogP contribution in [0.15, 0.2) is 42.5 Å². The highest BCUT2D eigenvalue weighted by atomic mass is 19.4. The zero-order chi connectivity index (χ0) is 21.8. The van der Waals surface area contributed by atoms with Gasteiger partial charge in [-0.1, -0.05) is 18.2 Å². The number of nitrogens with one attached hydrogen (secondary N) is 1. The molecule has 1 amide bonds. The van der Waals surface area contributed by atoms with Crippen molar-refractivity contribution in [3.63, 3.8) is 0 Å². The van der Waals surface area contributed by atoms with Crippen LogP contribution in [0.1, 0.15) is 35.9 Å². The lowest BCUT2D eigenvalue weighted by Gasteiger charge is -2.19. The molecule has 0 fully saturated rings. The molecule has 1 heterocycles. The van der Waals surface area contributed by atoms with E-state index in [9.17, 15) is 31.1 Å². The molecule has 0 aliphatic carbocycles. The molecule has 0 saturated heterocycles. The number of amides is 1. The van der Waals surface area contributed by atoms with Gasteiger partial charge in [-0.25, -0.2) is 4.98 Å². The Morgan fingerprint density at radius 2 is 1.66 bits per heavy atom. The molecular weight excluding hydrogens is 406 g/mol. The first-order chi connectivity index (χ1) is 13.4. The van der Waals surface area contributed by atoms with Gasteiger partial charge >= 0.3 is 12.5 Å². The number of benzene rings is 1. The first-order valence-corrected chi connectivity index (χ1v) is 8.23. The fourth-order valence-electron chi connectivity index (χ4n) is 2.20. The number of aromatic nitrogens is 1. The average Bonchev–Trinajstić information content (AvgIpc) is 2.60. The third-order valence-electron chi connectivity index (χ3n) is 3.65. The standard InChI is InChI=1S/C18H16F6N2O3/c1-10(13-7-5-9-15(26-13)28-11(2)17(19,20)21)25-16(27)12-6-3-4-8-14(12)29-18(22,23)24/h3-11H,1-2H3,(H,25,27)/t10-,11-/m1/s1. The van der Waals surface area contributed by atoms with Gasteiger partial charge < -0.3 is 14.8 Å². The second-order valence-corrected chi connectivity index (χ2v) is 5.94. The highest BCUT2D eigenvalue weighted by molar-refractivity contribution is 5.97. The van der Waals surface area contributed by atoms with Gasteiger partial charge in [0.2, 0.25) is 5.88 Å². The molecular formula is C18H16F6N2O3. The van der Waals surface area contributed by atoms with E-state index in [4.69, 9.17) is 4.74 Å². The summed E-state index contributed by atoms with van der Waals surface area (Å²) in [5.41, 5.74) is -0.214. The number of carbonyl (C=O) groups is 1. The van der Waals surface area contributed by atoms with Gasteiger partial charge in [0.25, 0.3) is 5.91 Å². The van der Waals surface area contributed by atoms with Crippen LogP contribution in [0.4, 0.5) is 26.3 Å². The smallest absolute Gasteiger partial charge is 0.465 e. The van der Waals surface area contributed by atoms with Crippen LogP contribution >= 0.6 is 0 Å². The quantitative estimate of drug-likeness (QED) is 0.680. The Labute approximate surface area is 161 Å². The molecule has 1 N–H and O–H groups in total. The van der Waals surface area contributed by atoms with Crippen molar-refractivity contribution in [2.45, 2.75) is 38.5 Å². The third kappa shape index (κ3) is 6.54. The van der Waals surface area contributed by atoms with Gasteiger partial charge in [0.05, 0.1) is 17.3 Å². The van der Waals surface area contributed by atoms with E-state index in [-0.39, 0.29) is 17.1 Å². The Hall–Kier alpha value is -2.98. The molecule has 11 heteroatoms. The maximum absolute atomic E-state index is 12.6. The minimum Gasteiger partial charge on any atom is -0.465 e. The van der Waals surface area contributed by atoms with E-state index in [1.54, 1.807) is 0 Å². The highest BCUT2D eigenvalue weighted by Gasteiger charge is 2.38. The molecule has 0 saturated carbocycles. The lowest BCUT2D eigenvalue weighted by Crippen LogP contribution is -2.32. The molecule has 2 atom stereocenters. The summed E-state index contributed by atoms with van der Waals surface area (Å²) in [6.07, 6.45) is -11.7. The summed E-state index contributed by atoms with van der Waals surface area (Å²) in [6, 6.07) is 7.93. The van der Waals surface area contributed by atoms with E-state index in [1.807, 2.05) is 0 Å². The zero-order valence-electron chi connectivity index (χ0n) is 15.1. The maximum atomic E-state index is 12.6. The van der Waals surface area contributed by atoms with Crippen molar-refractivity contribution in [2.24, 2.45) is 0 Å². The Bertz CT molecular complexity index is 854. The second-order valence-electron chi connectivity index (χ2n) is 5.94. The van der Waals surface area contributed by atoms with E-state index in [0.29, 0.717) is 0 Å². The molecule has 1 aromatic carbocycles. The number of carbonyl (C=O) groups excluding carboxylic acids is 1. The number of hydrogen-bond acceptors (Lipinski definition) is 4. The third-order valence-corrected chi connectivity index (χ3v) is 3.65. The van der Waals surface area contributed by atoms with Crippen LogP contribution in [0, 0.1) is 0 Å². The number of ether oxygens (including phenoxy) is 2. The summed E-state index contributed by atoms with van der Waals surface area (Å²) in [5.74, 6) is -1.88. The van der Waals surface area contributed by atoms with Gasteiger partial charge in [0.1, 0.15) is 5.75 Å². The van der Waals surface area contributed by atoms with Crippen molar-refractivity contribution in [1.29, 1.82) is 0 Å². The predicted molar refractivity (Wildman–Crippen MR) is 89.4 cm³/mol. The van der Waals surface area contributed by atoms with E-state index in [2.05, 4.69) is 15.0 Å². The molecule has 158 valence electrons. The van der Waals surface area contributed by atoms with Crippen molar-refractivity contribution >= 4 is 5.91 Å². The number of pyridine rings is 1. The molecule has 0 spiro atoms. The summed E-state index contributed by atoms with van der Waals surface area (Å²) >= 11 is 0. The van der Waals surface area contributed by atoms with Crippen molar-refractivity contribution in [1.82, 2.24) is 10.3 Å². The number of halogens is 6. The maximum Gasteiger partial charge on any atom is 0.573 e. The second kappa shape index (κ2) is 8.58. The van der Waals surface area contributed by atoms with Gasteiger partial charge in [0.15, 0.2) is 6.10 Å². The van der Waals surface area contributed by atoms with E-state index < -0.39 is 36.3 Å². The van der Waals surface area contributed by atoms with Crippen LogP contribution in [0.5, 0.6) is 11.6 Å².